The summed E-state index contributed by atoms with van der Waals surface area (Å²) in [5, 5.41) is 44.0. The van der Waals surface area contributed by atoms with Gasteiger partial charge in [0, 0.05) is 6.42 Å². The summed E-state index contributed by atoms with van der Waals surface area (Å²) in [6.07, 6.45) is 0.431. The van der Waals surface area contributed by atoms with Crippen molar-refractivity contribution in [3.8, 4) is 5.75 Å². The summed E-state index contributed by atoms with van der Waals surface area (Å²) in [5.74, 6) is -4.14. The molecule has 0 saturated carbocycles. The molecule has 0 fully saturated rings. The molecule has 0 heterocycles. The fourth-order valence-corrected chi connectivity index (χ4v) is 2.84. The number of phenolic OH excluding ortho intramolecular Hbond substituents is 1. The van der Waals surface area contributed by atoms with E-state index in [-0.39, 0.29) is 18.1 Å². The summed E-state index contributed by atoms with van der Waals surface area (Å²) in [6, 6.07) is 0.670. The van der Waals surface area contributed by atoms with Crippen LogP contribution >= 0.6 is 0 Å². The summed E-state index contributed by atoms with van der Waals surface area (Å²) >= 11 is 0. The normalized spacial score (nSPS) is 15.4. The molecule has 1 aromatic rings. The Balaban J connectivity index is 3.14. The number of aromatic hydroxyl groups is 1. The topological polar surface area (TPSA) is 211 Å². The Labute approximate surface area is 191 Å². The molecule has 0 aliphatic carbocycles. The Bertz CT molecular complexity index is 817. The molecule has 5 unspecified atom stereocenters. The molecule has 0 spiro atoms. The van der Waals surface area contributed by atoms with E-state index >= 15 is 0 Å². The van der Waals surface area contributed by atoms with Gasteiger partial charge in [-0.25, -0.2) is 4.79 Å². The predicted octanol–water partition coefficient (Wildman–Crippen LogP) is -2.17. The Kier molecular flexibility index (Phi) is 11.3. The molecular weight excluding hydrogens is 436 g/mol. The van der Waals surface area contributed by atoms with Crippen LogP contribution in [0.4, 0.5) is 0 Å². The maximum Gasteiger partial charge on any atom is 0.328 e. The number of nitrogens with two attached hydrogens (primary N) is 1. The third-order valence-corrected chi connectivity index (χ3v) is 5.13. The van der Waals surface area contributed by atoms with Crippen LogP contribution in [0.2, 0.25) is 0 Å². The lowest BCUT2D eigenvalue weighted by molar-refractivity contribution is -0.143. The molecule has 0 saturated heterocycles. The molecule has 3 amide bonds. The van der Waals surface area contributed by atoms with E-state index in [1.54, 1.807) is 13.8 Å². The van der Waals surface area contributed by atoms with Crippen molar-refractivity contribution in [2.45, 2.75) is 50.9 Å². The molecule has 0 aliphatic heterocycles. The Hall–Kier alpha value is -3.22. The van der Waals surface area contributed by atoms with E-state index < -0.39 is 61.1 Å². The number of aliphatic hydroxyl groups is 2. The van der Waals surface area contributed by atoms with Gasteiger partial charge in [0.2, 0.25) is 17.7 Å². The van der Waals surface area contributed by atoms with Crippen LogP contribution < -0.4 is 21.7 Å². The fourth-order valence-electron chi connectivity index (χ4n) is 2.84. The zero-order chi connectivity index (χ0) is 25.1. The van der Waals surface area contributed by atoms with Crippen LogP contribution in [0.3, 0.4) is 0 Å². The molecule has 12 nitrogen and oxygen atoms in total. The summed E-state index contributed by atoms with van der Waals surface area (Å²) in [6.45, 7) is 2.02. The SMILES string of the molecule is CCC(C)C(NC(=O)C(N)CO)C(=O)NC(Cc1ccc(O)cc1)C(=O)NC(CO)C(=O)O. The number of carboxylic acid groups (broad SMARTS) is 1. The van der Waals surface area contributed by atoms with E-state index in [4.69, 9.17) is 15.9 Å². The van der Waals surface area contributed by atoms with E-state index in [1.165, 1.54) is 24.3 Å². The second-order valence-corrected chi connectivity index (χ2v) is 7.67. The number of hydrogen-bond donors (Lipinski definition) is 8. The number of rotatable bonds is 13. The highest BCUT2D eigenvalue weighted by molar-refractivity contribution is 5.94. The highest BCUT2D eigenvalue weighted by Crippen LogP contribution is 2.13. The second-order valence-electron chi connectivity index (χ2n) is 7.67. The first-order valence-electron chi connectivity index (χ1n) is 10.4. The summed E-state index contributed by atoms with van der Waals surface area (Å²) in [5.41, 5.74) is 6.06. The fraction of sp³-hybridized carbons (Fsp3) is 0.524. The van der Waals surface area contributed by atoms with Gasteiger partial charge in [0.1, 0.15) is 29.9 Å². The van der Waals surface area contributed by atoms with Gasteiger partial charge in [0.05, 0.1) is 13.2 Å². The third-order valence-electron chi connectivity index (χ3n) is 5.13. The van der Waals surface area contributed by atoms with Crippen molar-refractivity contribution < 1.29 is 39.6 Å². The molecule has 5 atom stereocenters. The zero-order valence-electron chi connectivity index (χ0n) is 18.5. The lowest BCUT2D eigenvalue weighted by Crippen LogP contribution is -2.59. The summed E-state index contributed by atoms with van der Waals surface area (Å²) < 4.78 is 0. The lowest BCUT2D eigenvalue weighted by Gasteiger charge is -2.27. The van der Waals surface area contributed by atoms with Crippen LogP contribution in [-0.4, -0.2) is 81.5 Å². The molecule has 0 aromatic heterocycles. The maximum absolute atomic E-state index is 13.0. The monoisotopic (exact) mass is 468 g/mol. The molecule has 184 valence electrons. The first-order chi connectivity index (χ1) is 15.5. The van der Waals surface area contributed by atoms with Crippen LogP contribution in [-0.2, 0) is 25.6 Å². The van der Waals surface area contributed by atoms with Gasteiger partial charge in [0.15, 0.2) is 0 Å². The van der Waals surface area contributed by atoms with E-state index in [1.807, 2.05) is 0 Å². The van der Waals surface area contributed by atoms with Gasteiger partial charge in [-0.15, -0.1) is 0 Å². The highest BCUT2D eigenvalue weighted by atomic mass is 16.4. The zero-order valence-corrected chi connectivity index (χ0v) is 18.5. The molecular formula is C21H32N4O8. The van der Waals surface area contributed by atoms with Crippen molar-refractivity contribution in [3.05, 3.63) is 29.8 Å². The largest absolute Gasteiger partial charge is 0.508 e. The van der Waals surface area contributed by atoms with Crippen molar-refractivity contribution in [2.24, 2.45) is 11.7 Å². The second kappa shape index (κ2) is 13.4. The number of carboxylic acids is 1. The number of aliphatic carboxylic acids is 1. The number of aliphatic hydroxyl groups excluding tert-OH is 2. The smallest absolute Gasteiger partial charge is 0.328 e. The molecule has 0 radical (unpaired) electrons. The molecule has 1 aromatic carbocycles. The number of hydrogen-bond acceptors (Lipinski definition) is 8. The van der Waals surface area contributed by atoms with Gasteiger partial charge >= 0.3 is 5.97 Å². The van der Waals surface area contributed by atoms with Crippen LogP contribution in [0.5, 0.6) is 5.75 Å². The highest BCUT2D eigenvalue weighted by Gasteiger charge is 2.32. The van der Waals surface area contributed by atoms with Crippen LogP contribution in [0.15, 0.2) is 24.3 Å². The number of phenols is 1. The number of carbonyl (C=O) groups is 4. The van der Waals surface area contributed by atoms with Gasteiger partial charge < -0.3 is 42.1 Å². The number of amides is 3. The van der Waals surface area contributed by atoms with Gasteiger partial charge in [0.25, 0.3) is 0 Å². The summed E-state index contributed by atoms with van der Waals surface area (Å²) in [4.78, 5) is 49.1. The van der Waals surface area contributed by atoms with Gasteiger partial charge in [-0.05, 0) is 23.6 Å². The Morgan fingerprint density at radius 2 is 1.48 bits per heavy atom. The van der Waals surface area contributed by atoms with Gasteiger partial charge in [-0.2, -0.15) is 0 Å². The standard InChI is InChI=1S/C21H32N4O8/c1-3-11(2)17(25-18(29)14(22)9-26)20(31)23-15(8-12-4-6-13(28)7-5-12)19(30)24-16(10-27)21(32)33/h4-7,11,14-17,26-28H,3,8-10,22H2,1-2H3,(H,23,31)(H,24,30)(H,25,29)(H,32,33). The first kappa shape index (κ1) is 27.8. The first-order valence-corrected chi connectivity index (χ1v) is 10.4. The minimum Gasteiger partial charge on any atom is -0.508 e. The number of nitrogens with one attached hydrogen (secondary N) is 3. The van der Waals surface area contributed by atoms with Crippen LogP contribution in [0.1, 0.15) is 25.8 Å². The number of benzene rings is 1. The molecule has 0 aliphatic rings. The third kappa shape index (κ3) is 8.67. The van der Waals surface area contributed by atoms with E-state index in [0.29, 0.717) is 12.0 Å². The average molecular weight is 469 g/mol. The van der Waals surface area contributed by atoms with Gasteiger partial charge in [-0.3, -0.25) is 14.4 Å². The van der Waals surface area contributed by atoms with Crippen molar-refractivity contribution in [1.82, 2.24) is 16.0 Å². The molecule has 1 rings (SSSR count). The quantitative estimate of drug-likeness (QED) is 0.158. The van der Waals surface area contributed by atoms with Crippen LogP contribution in [0.25, 0.3) is 0 Å². The minimum absolute atomic E-state index is 0.00484. The predicted molar refractivity (Wildman–Crippen MR) is 117 cm³/mol. The van der Waals surface area contributed by atoms with Crippen LogP contribution in [0, 0.1) is 5.92 Å². The Morgan fingerprint density at radius 1 is 0.909 bits per heavy atom. The molecule has 33 heavy (non-hydrogen) atoms. The average Bonchev–Trinajstić information content (AvgIpc) is 2.79. The van der Waals surface area contributed by atoms with E-state index in [2.05, 4.69) is 16.0 Å². The van der Waals surface area contributed by atoms with E-state index in [0.717, 1.165) is 0 Å². The molecule has 0 bridgehead atoms. The van der Waals surface area contributed by atoms with Crippen molar-refractivity contribution in [2.75, 3.05) is 13.2 Å². The van der Waals surface area contributed by atoms with Gasteiger partial charge in [-0.1, -0.05) is 32.4 Å². The van der Waals surface area contributed by atoms with Crippen molar-refractivity contribution in [3.63, 3.8) is 0 Å². The number of carbonyl (C=O) groups excluding carboxylic acids is 3. The van der Waals surface area contributed by atoms with E-state index in [9.17, 15) is 29.4 Å². The van der Waals surface area contributed by atoms with Crippen molar-refractivity contribution in [1.29, 1.82) is 0 Å². The molecule has 12 heteroatoms. The minimum atomic E-state index is -1.58. The van der Waals surface area contributed by atoms with Crippen molar-refractivity contribution >= 4 is 23.7 Å². The Morgan fingerprint density at radius 3 is 1.97 bits per heavy atom. The maximum atomic E-state index is 13.0. The molecule has 9 N–H and O–H groups in total. The summed E-state index contributed by atoms with van der Waals surface area (Å²) in [7, 11) is 0. The lowest BCUT2D eigenvalue weighted by atomic mass is 9.96.